The first-order chi connectivity index (χ1) is 10.1. The molecule has 2 aromatic rings. The zero-order valence-corrected chi connectivity index (χ0v) is 13.1. The topological polar surface area (TPSA) is 64.4 Å². The molecule has 0 aromatic heterocycles. The van der Waals surface area contributed by atoms with Crippen molar-refractivity contribution >= 4 is 27.3 Å². The first kappa shape index (κ1) is 15.5. The second kappa shape index (κ2) is 7.19. The van der Waals surface area contributed by atoms with Crippen molar-refractivity contribution in [3.63, 3.8) is 0 Å². The molecule has 0 atom stereocenters. The summed E-state index contributed by atoms with van der Waals surface area (Å²) in [6, 6.07) is 12.6. The highest BCUT2D eigenvalue weighted by atomic mass is 79.9. The van der Waals surface area contributed by atoms with Gasteiger partial charge in [-0.3, -0.25) is 10.1 Å². The molecule has 0 saturated heterocycles. The Morgan fingerprint density at radius 3 is 2.67 bits per heavy atom. The van der Waals surface area contributed by atoms with Gasteiger partial charge in [-0.15, -0.1) is 0 Å². The molecule has 2 rings (SSSR count). The molecule has 5 nitrogen and oxygen atoms in total. The number of nitro groups is 1. The number of nitrogens with one attached hydrogen (secondary N) is 1. The minimum atomic E-state index is -0.407. The maximum absolute atomic E-state index is 10.7. The summed E-state index contributed by atoms with van der Waals surface area (Å²) in [4.78, 5) is 10.3. The normalized spacial score (nSPS) is 10.4. The third-order valence-corrected chi connectivity index (χ3v) is 3.77. The molecular weight excluding hydrogens is 336 g/mol. The predicted molar refractivity (Wildman–Crippen MR) is 85.3 cm³/mol. The van der Waals surface area contributed by atoms with Crippen LogP contribution in [0.3, 0.4) is 0 Å². The van der Waals surface area contributed by atoms with Crippen molar-refractivity contribution in [2.24, 2.45) is 0 Å². The number of halogens is 1. The van der Waals surface area contributed by atoms with E-state index in [0.29, 0.717) is 17.6 Å². The Bertz CT molecular complexity index is 647. The molecular formula is C15H15BrN2O3. The average Bonchev–Trinajstić information content (AvgIpc) is 2.47. The monoisotopic (exact) mass is 350 g/mol. The van der Waals surface area contributed by atoms with Crippen molar-refractivity contribution in [1.29, 1.82) is 0 Å². The number of non-ortho nitro benzene ring substituents is 1. The van der Waals surface area contributed by atoms with Gasteiger partial charge in [0.1, 0.15) is 0 Å². The van der Waals surface area contributed by atoms with Gasteiger partial charge in [-0.25, -0.2) is 0 Å². The predicted octanol–water partition coefficient (Wildman–Crippen LogP) is 4.12. The molecule has 110 valence electrons. The molecule has 21 heavy (non-hydrogen) atoms. The smallest absolute Gasteiger partial charge is 0.270 e. The lowest BCUT2D eigenvalue weighted by Crippen LogP contribution is -2.04. The van der Waals surface area contributed by atoms with Gasteiger partial charge in [0.25, 0.3) is 5.69 Å². The van der Waals surface area contributed by atoms with E-state index in [1.54, 1.807) is 13.2 Å². The highest BCUT2D eigenvalue weighted by Gasteiger charge is 2.09. The Balaban J connectivity index is 2.11. The van der Waals surface area contributed by atoms with Crippen LogP contribution in [0.15, 0.2) is 46.9 Å². The number of rotatable bonds is 6. The maximum atomic E-state index is 10.7. The van der Waals surface area contributed by atoms with Crippen LogP contribution in [0, 0.1) is 10.1 Å². The average molecular weight is 351 g/mol. The van der Waals surface area contributed by atoms with E-state index in [-0.39, 0.29) is 5.69 Å². The van der Waals surface area contributed by atoms with Gasteiger partial charge in [-0.05, 0) is 17.7 Å². The quantitative estimate of drug-likeness (QED) is 0.628. The Hall–Kier alpha value is -1.92. The van der Waals surface area contributed by atoms with Gasteiger partial charge in [-0.1, -0.05) is 34.1 Å². The van der Waals surface area contributed by atoms with E-state index in [0.717, 1.165) is 16.8 Å². The summed E-state index contributed by atoms with van der Waals surface area (Å²) in [6.45, 7) is 1.10. The fourth-order valence-electron chi connectivity index (χ4n) is 1.96. The van der Waals surface area contributed by atoms with E-state index in [1.807, 2.05) is 24.3 Å². The van der Waals surface area contributed by atoms with E-state index < -0.39 is 4.92 Å². The standard InChI is InChI=1S/C15H15BrN2O3/c1-21-10-12-4-2-3-5-15(12)17-9-11-6-7-13(18(19)20)8-14(11)16/h2-8,17H,9-10H2,1H3. The van der Waals surface area contributed by atoms with Gasteiger partial charge in [0.15, 0.2) is 0 Å². The van der Waals surface area contributed by atoms with E-state index in [1.165, 1.54) is 12.1 Å². The van der Waals surface area contributed by atoms with Gasteiger partial charge < -0.3 is 10.1 Å². The van der Waals surface area contributed by atoms with E-state index in [2.05, 4.69) is 21.2 Å². The molecule has 0 fully saturated rings. The molecule has 0 saturated carbocycles. The lowest BCUT2D eigenvalue weighted by Gasteiger charge is -2.12. The zero-order valence-electron chi connectivity index (χ0n) is 11.5. The third-order valence-electron chi connectivity index (χ3n) is 3.03. The number of anilines is 1. The Kier molecular flexibility index (Phi) is 5.30. The summed E-state index contributed by atoms with van der Waals surface area (Å²) in [5, 5.41) is 14.0. The van der Waals surface area contributed by atoms with Crippen LogP contribution in [0.2, 0.25) is 0 Å². The minimum absolute atomic E-state index is 0.0745. The second-order valence-electron chi connectivity index (χ2n) is 4.48. The molecule has 2 aromatic carbocycles. The Morgan fingerprint density at radius 2 is 2.00 bits per heavy atom. The van der Waals surface area contributed by atoms with Gasteiger partial charge in [0.2, 0.25) is 0 Å². The molecule has 0 bridgehead atoms. The van der Waals surface area contributed by atoms with Crippen LogP contribution < -0.4 is 5.32 Å². The van der Waals surface area contributed by atoms with Crippen LogP contribution in [0.4, 0.5) is 11.4 Å². The van der Waals surface area contributed by atoms with Crippen LogP contribution in [0.1, 0.15) is 11.1 Å². The van der Waals surface area contributed by atoms with Crippen molar-refractivity contribution in [3.05, 3.63) is 68.2 Å². The van der Waals surface area contributed by atoms with Crippen molar-refractivity contribution in [2.75, 3.05) is 12.4 Å². The maximum Gasteiger partial charge on any atom is 0.270 e. The number of nitrogens with zero attached hydrogens (tertiary/aromatic N) is 1. The Morgan fingerprint density at radius 1 is 1.24 bits per heavy atom. The minimum Gasteiger partial charge on any atom is -0.381 e. The molecule has 0 aliphatic carbocycles. The van der Waals surface area contributed by atoms with Crippen LogP contribution >= 0.6 is 15.9 Å². The van der Waals surface area contributed by atoms with Crippen LogP contribution in [0.5, 0.6) is 0 Å². The number of nitro benzene ring substituents is 1. The summed E-state index contributed by atoms with van der Waals surface area (Å²) < 4.78 is 5.88. The first-order valence-electron chi connectivity index (χ1n) is 6.35. The van der Waals surface area contributed by atoms with Crippen molar-refractivity contribution in [2.45, 2.75) is 13.2 Å². The van der Waals surface area contributed by atoms with Crippen molar-refractivity contribution in [1.82, 2.24) is 0 Å². The highest BCUT2D eigenvalue weighted by molar-refractivity contribution is 9.10. The molecule has 0 aliphatic heterocycles. The van der Waals surface area contributed by atoms with Gasteiger partial charge >= 0.3 is 0 Å². The molecule has 6 heteroatoms. The highest BCUT2D eigenvalue weighted by Crippen LogP contribution is 2.24. The van der Waals surface area contributed by atoms with Crippen molar-refractivity contribution in [3.8, 4) is 0 Å². The van der Waals surface area contributed by atoms with E-state index in [9.17, 15) is 10.1 Å². The number of para-hydroxylation sites is 1. The third kappa shape index (κ3) is 4.03. The molecule has 0 unspecified atom stereocenters. The largest absolute Gasteiger partial charge is 0.381 e. The van der Waals surface area contributed by atoms with Crippen molar-refractivity contribution < 1.29 is 9.66 Å². The fraction of sp³-hybridized carbons (Fsp3) is 0.200. The number of hydrogen-bond donors (Lipinski definition) is 1. The van der Waals surface area contributed by atoms with E-state index >= 15 is 0 Å². The SMILES string of the molecule is COCc1ccccc1NCc1ccc([N+](=O)[O-])cc1Br. The summed E-state index contributed by atoms with van der Waals surface area (Å²) >= 11 is 3.37. The summed E-state index contributed by atoms with van der Waals surface area (Å²) in [5.74, 6) is 0. The number of methoxy groups -OCH3 is 1. The fourth-order valence-corrected chi connectivity index (χ4v) is 2.46. The van der Waals surface area contributed by atoms with Crippen LogP contribution in [-0.4, -0.2) is 12.0 Å². The number of ether oxygens (including phenoxy) is 1. The van der Waals surface area contributed by atoms with Gasteiger partial charge in [0, 0.05) is 41.5 Å². The molecule has 0 heterocycles. The van der Waals surface area contributed by atoms with E-state index in [4.69, 9.17) is 4.74 Å². The number of benzene rings is 2. The van der Waals surface area contributed by atoms with Gasteiger partial charge in [-0.2, -0.15) is 0 Å². The molecule has 0 aliphatic rings. The summed E-state index contributed by atoms with van der Waals surface area (Å²) in [6.07, 6.45) is 0. The molecule has 0 radical (unpaired) electrons. The summed E-state index contributed by atoms with van der Waals surface area (Å²) in [5.41, 5.74) is 3.08. The molecule has 0 spiro atoms. The van der Waals surface area contributed by atoms with Gasteiger partial charge in [0.05, 0.1) is 11.5 Å². The van der Waals surface area contributed by atoms with Crippen LogP contribution in [0.25, 0.3) is 0 Å². The Labute approximate surface area is 131 Å². The number of hydrogen-bond acceptors (Lipinski definition) is 4. The zero-order chi connectivity index (χ0) is 15.2. The molecule has 1 N–H and O–H groups in total. The lowest BCUT2D eigenvalue weighted by atomic mass is 10.1. The lowest BCUT2D eigenvalue weighted by molar-refractivity contribution is -0.384. The summed E-state index contributed by atoms with van der Waals surface area (Å²) in [7, 11) is 1.66. The second-order valence-corrected chi connectivity index (χ2v) is 5.33. The first-order valence-corrected chi connectivity index (χ1v) is 7.14. The molecule has 0 amide bonds. The van der Waals surface area contributed by atoms with Crippen LogP contribution in [-0.2, 0) is 17.9 Å².